The lowest BCUT2D eigenvalue weighted by molar-refractivity contribution is -0.121. The molecule has 2 aromatic rings. The Balaban J connectivity index is 1.78. The molecular formula is C16H20N2O2S. The fraction of sp³-hybridized carbons (Fsp3) is 0.375. The van der Waals surface area contributed by atoms with E-state index in [0.29, 0.717) is 13.0 Å². The Bertz CT molecular complexity index is 605. The Morgan fingerprint density at radius 3 is 2.57 bits per heavy atom. The third kappa shape index (κ3) is 4.56. The van der Waals surface area contributed by atoms with Gasteiger partial charge in [-0.1, -0.05) is 12.1 Å². The van der Waals surface area contributed by atoms with Crippen LogP contribution in [0.2, 0.25) is 0 Å². The normalized spacial score (nSPS) is 10.4. The van der Waals surface area contributed by atoms with Gasteiger partial charge in [0.1, 0.15) is 5.75 Å². The first-order chi connectivity index (χ1) is 10.1. The average Bonchev–Trinajstić information content (AvgIpc) is 2.81. The maximum Gasteiger partial charge on any atom is 0.220 e. The van der Waals surface area contributed by atoms with Gasteiger partial charge in [0.05, 0.1) is 24.4 Å². The maximum atomic E-state index is 11.9. The van der Waals surface area contributed by atoms with E-state index < -0.39 is 0 Å². The Morgan fingerprint density at radius 2 is 2.00 bits per heavy atom. The Labute approximate surface area is 129 Å². The molecule has 5 heteroatoms. The molecule has 0 saturated heterocycles. The highest BCUT2D eigenvalue weighted by molar-refractivity contribution is 7.11. The van der Waals surface area contributed by atoms with Crippen LogP contribution in [-0.2, 0) is 17.8 Å². The first kappa shape index (κ1) is 15.5. The number of thiazole rings is 1. The smallest absolute Gasteiger partial charge is 0.220 e. The second kappa shape index (κ2) is 7.22. The minimum atomic E-state index is 0.0660. The summed E-state index contributed by atoms with van der Waals surface area (Å²) in [5, 5.41) is 3.99. The Morgan fingerprint density at radius 1 is 1.29 bits per heavy atom. The number of nitrogens with one attached hydrogen (secondary N) is 1. The molecule has 0 aliphatic carbocycles. The van der Waals surface area contributed by atoms with Gasteiger partial charge in [0.15, 0.2) is 0 Å². The first-order valence-corrected chi connectivity index (χ1v) is 7.72. The SMILES string of the molecule is COc1ccc(CCC(=O)NCc2sc(C)nc2C)cc1. The number of carbonyl (C=O) groups excluding carboxylic acids is 1. The molecule has 0 unspecified atom stereocenters. The predicted octanol–water partition coefficient (Wildman–Crippen LogP) is 3.02. The van der Waals surface area contributed by atoms with Crippen LogP contribution in [0.1, 0.15) is 27.6 Å². The number of aromatic nitrogens is 1. The van der Waals surface area contributed by atoms with E-state index in [4.69, 9.17) is 4.74 Å². The zero-order chi connectivity index (χ0) is 15.2. The molecule has 0 saturated carbocycles. The van der Waals surface area contributed by atoms with Crippen molar-refractivity contribution in [3.05, 3.63) is 45.4 Å². The van der Waals surface area contributed by atoms with Gasteiger partial charge in [-0.05, 0) is 38.0 Å². The van der Waals surface area contributed by atoms with Crippen LogP contribution in [-0.4, -0.2) is 18.0 Å². The number of amides is 1. The largest absolute Gasteiger partial charge is 0.497 e. The number of carbonyl (C=O) groups is 1. The fourth-order valence-electron chi connectivity index (χ4n) is 2.05. The lowest BCUT2D eigenvalue weighted by Crippen LogP contribution is -2.22. The summed E-state index contributed by atoms with van der Waals surface area (Å²) in [5.41, 5.74) is 2.14. The van der Waals surface area contributed by atoms with Crippen molar-refractivity contribution in [2.45, 2.75) is 33.2 Å². The molecule has 4 nitrogen and oxygen atoms in total. The van der Waals surface area contributed by atoms with E-state index in [1.54, 1.807) is 18.4 Å². The van der Waals surface area contributed by atoms with Crippen molar-refractivity contribution in [2.75, 3.05) is 7.11 Å². The molecule has 0 aliphatic rings. The summed E-state index contributed by atoms with van der Waals surface area (Å²) >= 11 is 1.64. The maximum absolute atomic E-state index is 11.9. The van der Waals surface area contributed by atoms with Crippen LogP contribution in [0.25, 0.3) is 0 Å². The van der Waals surface area contributed by atoms with Crippen LogP contribution in [0.15, 0.2) is 24.3 Å². The molecule has 21 heavy (non-hydrogen) atoms. The highest BCUT2D eigenvalue weighted by Crippen LogP contribution is 2.16. The highest BCUT2D eigenvalue weighted by Gasteiger charge is 2.07. The summed E-state index contributed by atoms with van der Waals surface area (Å²) in [6.07, 6.45) is 1.22. The fourth-order valence-corrected chi connectivity index (χ4v) is 2.93. The number of hydrogen-bond donors (Lipinski definition) is 1. The van der Waals surface area contributed by atoms with E-state index in [0.717, 1.165) is 33.3 Å². The van der Waals surface area contributed by atoms with Crippen molar-refractivity contribution in [1.82, 2.24) is 10.3 Å². The number of aryl methyl sites for hydroxylation is 3. The van der Waals surface area contributed by atoms with E-state index in [2.05, 4.69) is 10.3 Å². The molecular weight excluding hydrogens is 284 g/mol. The molecule has 1 aromatic heterocycles. The molecule has 0 aliphatic heterocycles. The molecule has 112 valence electrons. The molecule has 0 atom stereocenters. The van der Waals surface area contributed by atoms with Crippen LogP contribution in [0.4, 0.5) is 0 Å². The Kier molecular flexibility index (Phi) is 5.33. The van der Waals surface area contributed by atoms with Crippen molar-refractivity contribution in [1.29, 1.82) is 0 Å². The molecule has 1 amide bonds. The van der Waals surface area contributed by atoms with E-state index >= 15 is 0 Å². The van der Waals surface area contributed by atoms with Gasteiger partial charge in [-0.25, -0.2) is 4.98 Å². The highest BCUT2D eigenvalue weighted by atomic mass is 32.1. The Hall–Kier alpha value is -1.88. The minimum absolute atomic E-state index is 0.0660. The molecule has 2 rings (SSSR count). The van der Waals surface area contributed by atoms with Crippen molar-refractivity contribution in [3.8, 4) is 5.75 Å². The van der Waals surface area contributed by atoms with E-state index in [-0.39, 0.29) is 5.91 Å². The van der Waals surface area contributed by atoms with Crippen molar-refractivity contribution in [2.24, 2.45) is 0 Å². The lowest BCUT2D eigenvalue weighted by Gasteiger charge is -2.05. The summed E-state index contributed by atoms with van der Waals surface area (Å²) in [6.45, 7) is 4.52. The van der Waals surface area contributed by atoms with Crippen molar-refractivity contribution in [3.63, 3.8) is 0 Å². The van der Waals surface area contributed by atoms with Gasteiger partial charge in [-0.3, -0.25) is 4.79 Å². The number of hydrogen-bond acceptors (Lipinski definition) is 4. The van der Waals surface area contributed by atoms with Gasteiger partial charge in [0.25, 0.3) is 0 Å². The molecule has 1 aromatic carbocycles. The minimum Gasteiger partial charge on any atom is -0.497 e. The van der Waals surface area contributed by atoms with Crippen LogP contribution >= 0.6 is 11.3 Å². The van der Waals surface area contributed by atoms with Gasteiger partial charge < -0.3 is 10.1 Å². The van der Waals surface area contributed by atoms with Crippen molar-refractivity contribution >= 4 is 17.2 Å². The van der Waals surface area contributed by atoms with Crippen LogP contribution in [0, 0.1) is 13.8 Å². The monoisotopic (exact) mass is 304 g/mol. The number of benzene rings is 1. The summed E-state index contributed by atoms with van der Waals surface area (Å²) in [4.78, 5) is 17.4. The number of ether oxygens (including phenoxy) is 1. The van der Waals surface area contributed by atoms with E-state index in [1.807, 2.05) is 38.1 Å². The van der Waals surface area contributed by atoms with Gasteiger partial charge in [0.2, 0.25) is 5.91 Å². The summed E-state index contributed by atoms with van der Waals surface area (Å²) in [7, 11) is 1.64. The lowest BCUT2D eigenvalue weighted by atomic mass is 10.1. The number of rotatable bonds is 6. The van der Waals surface area contributed by atoms with Gasteiger partial charge in [0, 0.05) is 11.3 Å². The molecule has 1 N–H and O–H groups in total. The summed E-state index contributed by atoms with van der Waals surface area (Å²) in [5.74, 6) is 0.899. The number of methoxy groups -OCH3 is 1. The zero-order valence-electron chi connectivity index (χ0n) is 12.6. The van der Waals surface area contributed by atoms with E-state index in [1.165, 1.54) is 0 Å². The zero-order valence-corrected chi connectivity index (χ0v) is 13.4. The van der Waals surface area contributed by atoms with Gasteiger partial charge in [-0.2, -0.15) is 0 Å². The van der Waals surface area contributed by atoms with E-state index in [9.17, 15) is 4.79 Å². The second-order valence-corrected chi connectivity index (χ2v) is 6.15. The summed E-state index contributed by atoms with van der Waals surface area (Å²) in [6, 6.07) is 7.80. The topological polar surface area (TPSA) is 51.2 Å². The molecule has 0 fully saturated rings. The molecule has 0 spiro atoms. The van der Waals surface area contributed by atoms with Gasteiger partial charge >= 0.3 is 0 Å². The third-order valence-electron chi connectivity index (χ3n) is 3.25. The average molecular weight is 304 g/mol. The van der Waals surface area contributed by atoms with Crippen LogP contribution in [0.5, 0.6) is 5.75 Å². The number of nitrogens with zero attached hydrogens (tertiary/aromatic N) is 1. The second-order valence-electron chi connectivity index (χ2n) is 4.87. The third-order valence-corrected chi connectivity index (χ3v) is 4.32. The van der Waals surface area contributed by atoms with Gasteiger partial charge in [-0.15, -0.1) is 11.3 Å². The molecule has 1 heterocycles. The van der Waals surface area contributed by atoms with Crippen LogP contribution < -0.4 is 10.1 Å². The van der Waals surface area contributed by atoms with Crippen LogP contribution in [0.3, 0.4) is 0 Å². The molecule has 0 bridgehead atoms. The quantitative estimate of drug-likeness (QED) is 0.892. The summed E-state index contributed by atoms with van der Waals surface area (Å²) < 4.78 is 5.11. The standard InChI is InChI=1S/C16H20N2O2S/c1-11-15(21-12(2)18-11)10-17-16(19)9-6-13-4-7-14(20-3)8-5-13/h4-5,7-8H,6,9-10H2,1-3H3,(H,17,19). The predicted molar refractivity (Wildman–Crippen MR) is 84.7 cm³/mol. The first-order valence-electron chi connectivity index (χ1n) is 6.91. The van der Waals surface area contributed by atoms with Crippen molar-refractivity contribution < 1.29 is 9.53 Å². The molecule has 0 radical (unpaired) electrons.